The summed E-state index contributed by atoms with van der Waals surface area (Å²) in [6.07, 6.45) is -2.73. The Morgan fingerprint density at radius 1 is 0.844 bits per heavy atom. The topological polar surface area (TPSA) is 117 Å². The van der Waals surface area contributed by atoms with Gasteiger partial charge in [-0.25, -0.2) is 13.8 Å². The molecule has 4 aromatic rings. The van der Waals surface area contributed by atoms with E-state index in [1.807, 2.05) is 30.3 Å². The van der Waals surface area contributed by atoms with Crippen LogP contribution < -0.4 is 19.8 Å². The molecule has 0 saturated carbocycles. The van der Waals surface area contributed by atoms with Gasteiger partial charge in [0.1, 0.15) is 12.3 Å². The Kier molecular flexibility index (Phi) is 10.9. The van der Waals surface area contributed by atoms with Crippen LogP contribution in [0.3, 0.4) is 0 Å². The highest BCUT2D eigenvalue weighted by Crippen LogP contribution is 2.33. The van der Waals surface area contributed by atoms with E-state index < -0.39 is 34.2 Å². The maximum atomic E-state index is 13.4. The van der Waals surface area contributed by atoms with Gasteiger partial charge in [0.05, 0.1) is 22.4 Å². The van der Waals surface area contributed by atoms with E-state index in [4.69, 9.17) is 4.74 Å². The number of carbonyl (C=O) groups is 2. The summed E-state index contributed by atoms with van der Waals surface area (Å²) in [5.74, 6) is -0.730. The fourth-order valence-corrected chi connectivity index (χ4v) is 5.49. The number of ether oxygens (including phenoxy) is 1. The molecule has 0 aliphatic rings. The third kappa shape index (κ3) is 9.66. The molecular formula is C32H29F3N4O5S. The van der Waals surface area contributed by atoms with Gasteiger partial charge in [-0.05, 0) is 72.1 Å². The van der Waals surface area contributed by atoms with Crippen LogP contribution in [0.15, 0.2) is 119 Å². The molecular weight excluding hydrogens is 609 g/mol. The van der Waals surface area contributed by atoms with Gasteiger partial charge in [0, 0.05) is 6.54 Å². The molecule has 0 aliphatic heterocycles. The van der Waals surface area contributed by atoms with Crippen molar-refractivity contribution >= 4 is 33.7 Å². The minimum Gasteiger partial charge on any atom is -0.484 e. The summed E-state index contributed by atoms with van der Waals surface area (Å²) in [5, 5.41) is 6.62. The fourth-order valence-electron chi connectivity index (χ4n) is 4.06. The lowest BCUT2D eigenvalue weighted by atomic mass is 10.1. The predicted octanol–water partition coefficient (Wildman–Crippen LogP) is 4.79. The summed E-state index contributed by atoms with van der Waals surface area (Å²) < 4.78 is 72.8. The van der Waals surface area contributed by atoms with Crippen LogP contribution in [0.25, 0.3) is 0 Å². The second kappa shape index (κ2) is 15.0. The average Bonchev–Trinajstić information content (AvgIpc) is 3.04. The number of hydrogen-bond acceptors (Lipinski definition) is 6. The van der Waals surface area contributed by atoms with E-state index in [0.717, 1.165) is 17.7 Å². The summed E-state index contributed by atoms with van der Waals surface area (Å²) in [6.45, 7) is -0.536. The standard InChI is InChI=1S/C32H29F3N4O5S/c33-32(34,35)26-10-7-11-27(20-26)39(45(42,43)29-12-5-2-6-13-29)22-30(40)38-37-21-25-14-16-28(17-15-25)44-23-31(41)36-19-18-24-8-3-1-4-9-24/h1-17,20-21H,18-19,22-23H2,(H,36,41)(H,38,40)/b37-21-. The van der Waals surface area contributed by atoms with Crippen LogP contribution in [0.2, 0.25) is 0 Å². The molecule has 9 nitrogen and oxygen atoms in total. The molecule has 0 atom stereocenters. The number of anilines is 1. The SMILES string of the molecule is O=C(COc1ccc(/C=N\NC(=O)CN(c2cccc(C(F)(F)F)c2)S(=O)(=O)c2ccccc2)cc1)NCCc1ccccc1. The number of hydrogen-bond donors (Lipinski definition) is 2. The van der Waals surface area contributed by atoms with Crippen molar-refractivity contribution in [3.05, 3.63) is 126 Å². The number of nitrogens with zero attached hydrogens (tertiary/aromatic N) is 2. The van der Waals surface area contributed by atoms with Crippen LogP contribution in [0.5, 0.6) is 5.75 Å². The maximum absolute atomic E-state index is 13.4. The summed E-state index contributed by atoms with van der Waals surface area (Å²) in [4.78, 5) is 24.6. The first kappa shape index (κ1) is 32.7. The molecule has 0 unspecified atom stereocenters. The van der Waals surface area contributed by atoms with Crippen LogP contribution in [0.4, 0.5) is 18.9 Å². The molecule has 4 rings (SSSR count). The largest absolute Gasteiger partial charge is 0.484 e. The van der Waals surface area contributed by atoms with Crippen molar-refractivity contribution < 1.29 is 35.9 Å². The van der Waals surface area contributed by atoms with E-state index in [1.54, 1.807) is 30.3 Å². The third-order valence-corrected chi connectivity index (χ3v) is 8.10. The Morgan fingerprint density at radius 2 is 1.51 bits per heavy atom. The monoisotopic (exact) mass is 638 g/mol. The van der Waals surface area contributed by atoms with Gasteiger partial charge in [0.15, 0.2) is 6.61 Å². The smallest absolute Gasteiger partial charge is 0.416 e. The zero-order valence-electron chi connectivity index (χ0n) is 23.8. The number of benzene rings is 4. The van der Waals surface area contributed by atoms with E-state index in [-0.39, 0.29) is 23.1 Å². The van der Waals surface area contributed by atoms with E-state index in [0.29, 0.717) is 34.7 Å². The quantitative estimate of drug-likeness (QED) is 0.161. The number of rotatable bonds is 13. The molecule has 45 heavy (non-hydrogen) atoms. The summed E-state index contributed by atoms with van der Waals surface area (Å²) in [7, 11) is -4.41. The molecule has 0 heterocycles. The summed E-state index contributed by atoms with van der Waals surface area (Å²) in [5.41, 5.74) is 2.45. The van der Waals surface area contributed by atoms with Gasteiger partial charge in [0.25, 0.3) is 21.8 Å². The Hall–Kier alpha value is -5.17. The molecule has 4 aromatic carbocycles. The first-order valence-corrected chi connectivity index (χ1v) is 15.1. The normalized spacial score (nSPS) is 11.6. The highest BCUT2D eigenvalue weighted by molar-refractivity contribution is 7.92. The van der Waals surface area contributed by atoms with Crippen molar-refractivity contribution in [2.45, 2.75) is 17.5 Å². The van der Waals surface area contributed by atoms with E-state index in [2.05, 4.69) is 15.8 Å². The number of sulfonamides is 1. The lowest BCUT2D eigenvalue weighted by Crippen LogP contribution is -2.39. The number of nitrogens with one attached hydrogen (secondary N) is 2. The molecule has 2 N–H and O–H groups in total. The van der Waals surface area contributed by atoms with Crippen molar-refractivity contribution in [1.82, 2.24) is 10.7 Å². The van der Waals surface area contributed by atoms with Crippen LogP contribution in [-0.2, 0) is 32.2 Å². The second-order valence-corrected chi connectivity index (χ2v) is 11.5. The Labute approximate surface area is 258 Å². The van der Waals surface area contributed by atoms with E-state index in [1.165, 1.54) is 36.5 Å². The van der Waals surface area contributed by atoms with Gasteiger partial charge in [-0.15, -0.1) is 0 Å². The molecule has 0 saturated heterocycles. The van der Waals surface area contributed by atoms with Crippen molar-refractivity contribution in [3.8, 4) is 5.75 Å². The average molecular weight is 639 g/mol. The van der Waals surface area contributed by atoms with Crippen LogP contribution >= 0.6 is 0 Å². The zero-order valence-corrected chi connectivity index (χ0v) is 24.6. The van der Waals surface area contributed by atoms with E-state index in [9.17, 15) is 31.2 Å². The predicted molar refractivity (Wildman–Crippen MR) is 163 cm³/mol. The fraction of sp³-hybridized carbons (Fsp3) is 0.156. The van der Waals surface area contributed by atoms with Gasteiger partial charge < -0.3 is 10.1 Å². The first-order valence-electron chi connectivity index (χ1n) is 13.6. The maximum Gasteiger partial charge on any atom is 0.416 e. The van der Waals surface area contributed by atoms with Gasteiger partial charge in [0.2, 0.25) is 0 Å². The van der Waals surface area contributed by atoms with Gasteiger partial charge in [-0.3, -0.25) is 13.9 Å². The highest BCUT2D eigenvalue weighted by atomic mass is 32.2. The molecule has 0 aromatic heterocycles. The summed E-state index contributed by atoms with van der Waals surface area (Å²) in [6, 6.07) is 26.9. The first-order chi connectivity index (χ1) is 21.5. The molecule has 234 valence electrons. The number of alkyl halides is 3. The number of carbonyl (C=O) groups excluding carboxylic acids is 2. The van der Waals surface area contributed by atoms with Crippen molar-refractivity contribution in [1.29, 1.82) is 0 Å². The number of amides is 2. The van der Waals surface area contributed by atoms with Crippen molar-refractivity contribution in [2.75, 3.05) is 24.0 Å². The highest BCUT2D eigenvalue weighted by Gasteiger charge is 2.33. The van der Waals surface area contributed by atoms with Gasteiger partial charge in [-0.2, -0.15) is 18.3 Å². The van der Waals surface area contributed by atoms with Crippen LogP contribution in [0, 0.1) is 0 Å². The minimum absolute atomic E-state index is 0.174. The van der Waals surface area contributed by atoms with Crippen LogP contribution in [-0.4, -0.2) is 46.1 Å². The van der Waals surface area contributed by atoms with Gasteiger partial charge in [-0.1, -0.05) is 54.6 Å². The second-order valence-electron chi connectivity index (χ2n) is 9.61. The van der Waals surface area contributed by atoms with Crippen LogP contribution in [0.1, 0.15) is 16.7 Å². The molecule has 2 amide bonds. The number of halogens is 3. The van der Waals surface area contributed by atoms with E-state index >= 15 is 0 Å². The molecule has 0 fully saturated rings. The Bertz CT molecular complexity index is 1720. The lowest BCUT2D eigenvalue weighted by Gasteiger charge is -2.24. The third-order valence-electron chi connectivity index (χ3n) is 6.31. The zero-order chi connectivity index (χ0) is 32.3. The Balaban J connectivity index is 1.33. The van der Waals surface area contributed by atoms with Crippen molar-refractivity contribution in [2.24, 2.45) is 5.10 Å². The molecule has 0 radical (unpaired) electrons. The molecule has 0 bridgehead atoms. The molecule has 13 heteroatoms. The summed E-state index contributed by atoms with van der Waals surface area (Å²) >= 11 is 0. The Morgan fingerprint density at radius 3 is 2.18 bits per heavy atom. The minimum atomic E-state index is -4.72. The lowest BCUT2D eigenvalue weighted by molar-refractivity contribution is -0.137. The van der Waals surface area contributed by atoms with Crippen molar-refractivity contribution in [3.63, 3.8) is 0 Å². The van der Waals surface area contributed by atoms with Gasteiger partial charge >= 0.3 is 6.18 Å². The number of hydrazone groups is 1. The molecule has 0 aliphatic carbocycles. The molecule has 0 spiro atoms.